The molecule has 0 saturated carbocycles. The molecular formula is C21H32N4O. The van der Waals surface area contributed by atoms with Gasteiger partial charge in [0.05, 0.1) is 0 Å². The normalized spacial score (nSPS) is 32.9. The van der Waals surface area contributed by atoms with Crippen molar-refractivity contribution in [2.24, 2.45) is 10.8 Å². The lowest BCUT2D eigenvalue weighted by molar-refractivity contribution is -0.136. The number of hydrogen-bond donors (Lipinski definition) is 0. The number of amides is 1. The fourth-order valence-corrected chi connectivity index (χ4v) is 6.01. The number of carbonyl (C=O) groups is 1. The molecular weight excluding hydrogens is 324 g/mol. The summed E-state index contributed by atoms with van der Waals surface area (Å²) in [6, 6.07) is 8.22. The van der Waals surface area contributed by atoms with Gasteiger partial charge in [-0.2, -0.15) is 0 Å². The molecule has 3 fully saturated rings. The fraction of sp³-hybridized carbons (Fsp3) is 0.667. The highest BCUT2D eigenvalue weighted by atomic mass is 16.2. The Kier molecular flexibility index (Phi) is 4.17. The fourth-order valence-electron chi connectivity index (χ4n) is 6.01. The number of likely N-dealkylation sites (tertiary alicyclic amines) is 3. The minimum Gasteiger partial charge on any atom is -0.340 e. The van der Waals surface area contributed by atoms with E-state index in [9.17, 15) is 4.79 Å². The predicted molar refractivity (Wildman–Crippen MR) is 104 cm³/mol. The number of rotatable bonds is 3. The van der Waals surface area contributed by atoms with Gasteiger partial charge in [0.25, 0.3) is 0 Å². The number of likely N-dealkylation sites (N-methyl/N-ethyl adjacent to an activating group) is 1. The van der Waals surface area contributed by atoms with Crippen molar-refractivity contribution in [3.05, 3.63) is 35.4 Å². The van der Waals surface area contributed by atoms with Crippen LogP contribution in [0.5, 0.6) is 0 Å². The molecule has 4 rings (SSSR count). The summed E-state index contributed by atoms with van der Waals surface area (Å²) in [5, 5.41) is 0. The first-order valence-electron chi connectivity index (χ1n) is 9.64. The van der Waals surface area contributed by atoms with Crippen molar-refractivity contribution < 1.29 is 4.79 Å². The average molecular weight is 357 g/mol. The number of aryl methyl sites for hydroxylation is 1. The van der Waals surface area contributed by atoms with E-state index >= 15 is 0 Å². The van der Waals surface area contributed by atoms with Crippen LogP contribution in [0.2, 0.25) is 0 Å². The summed E-state index contributed by atoms with van der Waals surface area (Å²) >= 11 is 0. The maximum absolute atomic E-state index is 13.5. The topological polar surface area (TPSA) is 30.0 Å². The molecule has 1 atom stereocenters. The molecule has 0 bridgehead atoms. The summed E-state index contributed by atoms with van der Waals surface area (Å²) in [7, 11) is 8.49. The number of carbonyl (C=O) groups excluding carboxylic acids is 1. The summed E-state index contributed by atoms with van der Waals surface area (Å²) in [4.78, 5) is 22.7. The Morgan fingerprint density at radius 3 is 1.81 bits per heavy atom. The second-order valence-electron chi connectivity index (χ2n) is 9.38. The van der Waals surface area contributed by atoms with Crippen molar-refractivity contribution in [2.45, 2.75) is 13.0 Å². The molecule has 3 heterocycles. The minimum absolute atomic E-state index is 0.196. The van der Waals surface area contributed by atoms with Gasteiger partial charge in [-0.05, 0) is 40.7 Å². The van der Waals surface area contributed by atoms with E-state index in [1.54, 1.807) is 0 Å². The van der Waals surface area contributed by atoms with Crippen molar-refractivity contribution in [3.63, 3.8) is 0 Å². The lowest BCUT2D eigenvalue weighted by Crippen LogP contribution is -2.44. The standard InChI is InChI=1S/C21H32N4O/c1-16-6-8-17(9-7-16)18(22(2)3)19(26)25-14-20-10-23(4)11-21(20,15-25)13-24(5)12-20/h6-9,18H,10-15H2,1-5H3/t18-,20?,21?/m1/s1. The molecule has 1 aromatic rings. The second kappa shape index (κ2) is 6.04. The second-order valence-corrected chi connectivity index (χ2v) is 9.38. The quantitative estimate of drug-likeness (QED) is 0.817. The van der Waals surface area contributed by atoms with Crippen LogP contribution in [-0.2, 0) is 4.79 Å². The van der Waals surface area contributed by atoms with Gasteiger partial charge in [-0.3, -0.25) is 9.69 Å². The zero-order chi connectivity index (χ0) is 18.7. The lowest BCUT2D eigenvalue weighted by atomic mass is 9.71. The van der Waals surface area contributed by atoms with Crippen LogP contribution >= 0.6 is 0 Å². The summed E-state index contributed by atoms with van der Waals surface area (Å²) < 4.78 is 0. The van der Waals surface area contributed by atoms with Gasteiger partial charge in [0.15, 0.2) is 0 Å². The zero-order valence-electron chi connectivity index (χ0n) is 16.8. The van der Waals surface area contributed by atoms with Crippen LogP contribution in [-0.4, -0.2) is 93.0 Å². The van der Waals surface area contributed by atoms with E-state index in [1.165, 1.54) is 5.56 Å². The highest BCUT2D eigenvalue weighted by Crippen LogP contribution is 2.56. The SMILES string of the molecule is Cc1ccc([C@H](C(=O)N2CC34CN(C)CC3(CN(C)C4)C2)N(C)C)cc1. The molecule has 142 valence electrons. The van der Waals surface area contributed by atoms with Gasteiger partial charge in [-0.15, -0.1) is 0 Å². The predicted octanol–water partition coefficient (Wildman–Crippen LogP) is 1.30. The molecule has 0 radical (unpaired) electrons. The summed E-state index contributed by atoms with van der Waals surface area (Å²) in [5.74, 6) is 0.263. The van der Waals surface area contributed by atoms with E-state index in [2.05, 4.69) is 64.9 Å². The maximum atomic E-state index is 13.5. The van der Waals surface area contributed by atoms with Gasteiger partial charge in [0, 0.05) is 50.1 Å². The molecule has 3 aliphatic rings. The Labute approximate surface area is 157 Å². The molecule has 3 saturated heterocycles. The third-order valence-electron chi connectivity index (χ3n) is 6.86. The number of nitrogens with zero attached hydrogens (tertiary/aromatic N) is 4. The Bertz CT molecular complexity index is 660. The van der Waals surface area contributed by atoms with Crippen LogP contribution in [0.25, 0.3) is 0 Å². The highest BCUT2D eigenvalue weighted by molar-refractivity contribution is 5.84. The minimum atomic E-state index is -0.196. The Morgan fingerprint density at radius 1 is 0.923 bits per heavy atom. The van der Waals surface area contributed by atoms with Crippen molar-refractivity contribution in [2.75, 3.05) is 67.5 Å². The van der Waals surface area contributed by atoms with Gasteiger partial charge in [-0.1, -0.05) is 29.8 Å². The maximum Gasteiger partial charge on any atom is 0.244 e. The molecule has 5 heteroatoms. The number of benzene rings is 1. The summed E-state index contributed by atoms with van der Waals surface area (Å²) in [6.45, 7) is 8.32. The van der Waals surface area contributed by atoms with Gasteiger partial charge in [-0.25, -0.2) is 0 Å². The average Bonchev–Trinajstić information content (AvgIpc) is 3.04. The summed E-state index contributed by atoms with van der Waals surface area (Å²) in [5.41, 5.74) is 2.82. The molecule has 0 N–H and O–H groups in total. The molecule has 1 amide bonds. The van der Waals surface area contributed by atoms with Gasteiger partial charge in [0.2, 0.25) is 5.91 Å². The van der Waals surface area contributed by atoms with Crippen molar-refractivity contribution >= 4 is 5.91 Å². The first kappa shape index (κ1) is 18.0. The molecule has 0 aliphatic carbocycles. The zero-order valence-corrected chi connectivity index (χ0v) is 16.8. The third kappa shape index (κ3) is 2.60. The Balaban J connectivity index is 1.60. The van der Waals surface area contributed by atoms with E-state index in [0.29, 0.717) is 0 Å². The van der Waals surface area contributed by atoms with Crippen LogP contribution in [0.15, 0.2) is 24.3 Å². The third-order valence-corrected chi connectivity index (χ3v) is 6.86. The van der Waals surface area contributed by atoms with E-state index in [-0.39, 0.29) is 22.8 Å². The molecule has 3 aliphatic heterocycles. The monoisotopic (exact) mass is 356 g/mol. The van der Waals surface area contributed by atoms with Gasteiger partial charge in [0.1, 0.15) is 6.04 Å². The molecule has 1 aromatic carbocycles. The van der Waals surface area contributed by atoms with Gasteiger partial charge < -0.3 is 14.7 Å². The molecule has 0 aromatic heterocycles. The number of hydrogen-bond acceptors (Lipinski definition) is 4. The van der Waals surface area contributed by atoms with Crippen LogP contribution < -0.4 is 0 Å². The first-order valence-corrected chi connectivity index (χ1v) is 9.64. The lowest BCUT2D eigenvalue weighted by Gasteiger charge is -2.32. The Morgan fingerprint density at radius 2 is 1.38 bits per heavy atom. The van der Waals surface area contributed by atoms with Crippen molar-refractivity contribution in [1.29, 1.82) is 0 Å². The molecule has 26 heavy (non-hydrogen) atoms. The van der Waals surface area contributed by atoms with Crippen molar-refractivity contribution in [3.8, 4) is 0 Å². The first-order chi connectivity index (χ1) is 12.3. The highest BCUT2D eigenvalue weighted by Gasteiger charge is 2.66. The Hall–Kier alpha value is -1.43. The van der Waals surface area contributed by atoms with Crippen LogP contribution in [0.1, 0.15) is 17.2 Å². The van der Waals surface area contributed by atoms with E-state index in [1.807, 2.05) is 14.1 Å². The van der Waals surface area contributed by atoms with E-state index in [0.717, 1.165) is 44.8 Å². The largest absolute Gasteiger partial charge is 0.340 e. The van der Waals surface area contributed by atoms with Crippen molar-refractivity contribution in [1.82, 2.24) is 19.6 Å². The van der Waals surface area contributed by atoms with Crippen LogP contribution in [0.3, 0.4) is 0 Å². The molecule has 5 nitrogen and oxygen atoms in total. The van der Waals surface area contributed by atoms with E-state index < -0.39 is 0 Å². The smallest absolute Gasteiger partial charge is 0.244 e. The summed E-state index contributed by atoms with van der Waals surface area (Å²) in [6.07, 6.45) is 0. The van der Waals surface area contributed by atoms with Gasteiger partial charge >= 0.3 is 0 Å². The molecule has 0 unspecified atom stereocenters. The molecule has 0 spiro atoms. The van der Waals surface area contributed by atoms with Crippen LogP contribution in [0, 0.1) is 17.8 Å². The van der Waals surface area contributed by atoms with E-state index in [4.69, 9.17) is 0 Å². The van der Waals surface area contributed by atoms with Crippen LogP contribution in [0.4, 0.5) is 0 Å².